The molecule has 5 nitrogen and oxygen atoms in total. The maximum absolute atomic E-state index is 12.9. The maximum atomic E-state index is 12.9. The van der Waals surface area contributed by atoms with E-state index in [0.717, 1.165) is 22.1 Å². The Labute approximate surface area is 178 Å². The molecule has 0 aliphatic carbocycles. The van der Waals surface area contributed by atoms with E-state index >= 15 is 0 Å². The van der Waals surface area contributed by atoms with Crippen molar-refractivity contribution < 1.29 is 19.1 Å². The zero-order valence-electron chi connectivity index (χ0n) is 16.1. The van der Waals surface area contributed by atoms with E-state index < -0.39 is 5.97 Å². The second-order valence-corrected chi connectivity index (χ2v) is 7.37. The quantitative estimate of drug-likeness (QED) is 0.449. The molecule has 0 radical (unpaired) electrons. The normalized spacial score (nSPS) is 10.9. The van der Waals surface area contributed by atoms with Crippen LogP contribution in [-0.4, -0.2) is 28.9 Å². The van der Waals surface area contributed by atoms with Gasteiger partial charge in [0.1, 0.15) is 5.58 Å². The van der Waals surface area contributed by atoms with Crippen molar-refractivity contribution in [1.82, 2.24) is 4.90 Å². The number of fused-ring (bicyclic) bond motifs is 1. The Morgan fingerprint density at radius 2 is 1.73 bits per heavy atom. The molecule has 1 aromatic heterocycles. The SMILES string of the molecule is CN(Cc1ccccc1-c1ccc(C(=O)O)c(Cl)c1)C(=O)c1cc2ccccc2o1. The van der Waals surface area contributed by atoms with Gasteiger partial charge in [-0.05, 0) is 41.0 Å². The van der Waals surface area contributed by atoms with Gasteiger partial charge in [-0.2, -0.15) is 0 Å². The van der Waals surface area contributed by atoms with E-state index in [9.17, 15) is 14.7 Å². The second-order valence-electron chi connectivity index (χ2n) is 6.97. The lowest BCUT2D eigenvalue weighted by atomic mass is 9.98. The van der Waals surface area contributed by atoms with Crippen LogP contribution in [0.4, 0.5) is 0 Å². The molecule has 0 fully saturated rings. The van der Waals surface area contributed by atoms with E-state index in [1.165, 1.54) is 6.07 Å². The highest BCUT2D eigenvalue weighted by Crippen LogP contribution is 2.29. The number of carboxylic acids is 1. The summed E-state index contributed by atoms with van der Waals surface area (Å²) in [6.07, 6.45) is 0. The van der Waals surface area contributed by atoms with Gasteiger partial charge in [-0.1, -0.05) is 60.1 Å². The van der Waals surface area contributed by atoms with Crippen molar-refractivity contribution in [2.24, 2.45) is 0 Å². The van der Waals surface area contributed by atoms with E-state index in [-0.39, 0.29) is 22.3 Å². The summed E-state index contributed by atoms with van der Waals surface area (Å²) in [5, 5.41) is 10.2. The highest BCUT2D eigenvalue weighted by molar-refractivity contribution is 6.33. The van der Waals surface area contributed by atoms with Crippen LogP contribution < -0.4 is 0 Å². The van der Waals surface area contributed by atoms with Crippen molar-refractivity contribution in [3.05, 3.63) is 94.7 Å². The molecule has 0 aliphatic rings. The number of hydrogen-bond acceptors (Lipinski definition) is 3. The standard InChI is InChI=1S/C24H18ClNO4/c1-26(23(27)22-13-16-6-3-5-9-21(16)30-22)14-17-7-2-4-8-18(17)15-10-11-19(24(28)29)20(25)12-15/h2-13H,14H2,1H3,(H,28,29). The van der Waals surface area contributed by atoms with Crippen molar-refractivity contribution in [2.75, 3.05) is 7.05 Å². The van der Waals surface area contributed by atoms with Crippen molar-refractivity contribution in [3.8, 4) is 11.1 Å². The number of hydrogen-bond donors (Lipinski definition) is 1. The van der Waals surface area contributed by atoms with Gasteiger partial charge in [-0.3, -0.25) is 4.79 Å². The Morgan fingerprint density at radius 1 is 1.00 bits per heavy atom. The molecule has 4 rings (SSSR count). The van der Waals surface area contributed by atoms with Crippen LogP contribution in [0.3, 0.4) is 0 Å². The van der Waals surface area contributed by atoms with Crippen LogP contribution in [0, 0.1) is 0 Å². The summed E-state index contributed by atoms with van der Waals surface area (Å²) in [5.74, 6) is -1.01. The number of halogens is 1. The third-order valence-corrected chi connectivity index (χ3v) is 5.23. The zero-order chi connectivity index (χ0) is 21.3. The van der Waals surface area contributed by atoms with Crippen LogP contribution in [0.1, 0.15) is 26.5 Å². The number of furan rings is 1. The van der Waals surface area contributed by atoms with E-state index in [4.69, 9.17) is 16.0 Å². The van der Waals surface area contributed by atoms with Crippen LogP contribution in [-0.2, 0) is 6.54 Å². The minimum Gasteiger partial charge on any atom is -0.478 e. The first-order chi connectivity index (χ1) is 14.4. The van der Waals surface area contributed by atoms with Gasteiger partial charge >= 0.3 is 5.97 Å². The number of aromatic carboxylic acids is 1. The summed E-state index contributed by atoms with van der Waals surface area (Å²) >= 11 is 6.14. The molecular formula is C24H18ClNO4. The Balaban J connectivity index is 1.61. The molecule has 0 spiro atoms. The monoisotopic (exact) mass is 419 g/mol. The van der Waals surface area contributed by atoms with E-state index in [2.05, 4.69) is 0 Å². The Hall–Kier alpha value is -3.57. The fourth-order valence-corrected chi connectivity index (χ4v) is 3.66. The number of para-hydroxylation sites is 1. The van der Waals surface area contributed by atoms with Crippen LogP contribution in [0.15, 0.2) is 77.2 Å². The number of amides is 1. The Bertz CT molecular complexity index is 1230. The summed E-state index contributed by atoms with van der Waals surface area (Å²) < 4.78 is 5.69. The fraction of sp³-hybridized carbons (Fsp3) is 0.0833. The maximum Gasteiger partial charge on any atom is 0.337 e. The molecular weight excluding hydrogens is 402 g/mol. The summed E-state index contributed by atoms with van der Waals surface area (Å²) in [5.41, 5.74) is 3.28. The number of carboxylic acid groups (broad SMARTS) is 1. The summed E-state index contributed by atoms with van der Waals surface area (Å²) in [6, 6.07) is 21.7. The third-order valence-electron chi connectivity index (χ3n) is 4.92. The highest BCUT2D eigenvalue weighted by atomic mass is 35.5. The number of nitrogens with zero attached hydrogens (tertiary/aromatic N) is 1. The topological polar surface area (TPSA) is 70.8 Å². The van der Waals surface area contributed by atoms with Crippen LogP contribution in [0.2, 0.25) is 5.02 Å². The molecule has 1 N–H and O–H groups in total. The van der Waals surface area contributed by atoms with Gasteiger partial charge in [0.15, 0.2) is 5.76 Å². The van der Waals surface area contributed by atoms with Crippen LogP contribution in [0.5, 0.6) is 0 Å². The summed E-state index contributed by atoms with van der Waals surface area (Å²) in [4.78, 5) is 25.7. The smallest absolute Gasteiger partial charge is 0.337 e. The van der Waals surface area contributed by atoms with Crippen molar-refractivity contribution in [2.45, 2.75) is 6.54 Å². The molecule has 150 valence electrons. The first-order valence-electron chi connectivity index (χ1n) is 9.29. The highest BCUT2D eigenvalue weighted by Gasteiger charge is 2.19. The van der Waals surface area contributed by atoms with Crippen molar-refractivity contribution in [1.29, 1.82) is 0 Å². The van der Waals surface area contributed by atoms with Crippen molar-refractivity contribution >= 4 is 34.4 Å². The molecule has 0 saturated carbocycles. The largest absolute Gasteiger partial charge is 0.478 e. The molecule has 0 aliphatic heterocycles. The molecule has 4 aromatic rings. The van der Waals surface area contributed by atoms with Gasteiger partial charge in [0.2, 0.25) is 0 Å². The Morgan fingerprint density at radius 3 is 2.47 bits per heavy atom. The van der Waals surface area contributed by atoms with E-state index in [1.54, 1.807) is 30.1 Å². The molecule has 1 amide bonds. The van der Waals surface area contributed by atoms with Gasteiger partial charge in [-0.25, -0.2) is 4.79 Å². The average Bonchev–Trinajstić information content (AvgIpc) is 3.17. The van der Waals surface area contributed by atoms with E-state index in [0.29, 0.717) is 12.1 Å². The van der Waals surface area contributed by atoms with Gasteiger partial charge in [-0.15, -0.1) is 0 Å². The summed E-state index contributed by atoms with van der Waals surface area (Å²) in [6.45, 7) is 0.352. The first-order valence-corrected chi connectivity index (χ1v) is 9.67. The summed E-state index contributed by atoms with van der Waals surface area (Å²) in [7, 11) is 1.72. The molecule has 0 unspecified atom stereocenters. The molecule has 30 heavy (non-hydrogen) atoms. The molecule has 1 heterocycles. The number of carbonyl (C=O) groups excluding carboxylic acids is 1. The second kappa shape index (κ2) is 8.05. The lowest BCUT2D eigenvalue weighted by molar-refractivity contribution is 0.0696. The molecule has 6 heteroatoms. The van der Waals surface area contributed by atoms with Crippen LogP contribution in [0.25, 0.3) is 22.1 Å². The lowest BCUT2D eigenvalue weighted by Crippen LogP contribution is -2.26. The fourth-order valence-electron chi connectivity index (χ4n) is 3.40. The van der Waals surface area contributed by atoms with Crippen molar-refractivity contribution in [3.63, 3.8) is 0 Å². The Kier molecular flexibility index (Phi) is 5.29. The van der Waals surface area contributed by atoms with Crippen LogP contribution >= 0.6 is 11.6 Å². The molecule has 0 saturated heterocycles. The number of benzene rings is 3. The molecule has 3 aromatic carbocycles. The van der Waals surface area contributed by atoms with Gasteiger partial charge in [0.25, 0.3) is 5.91 Å². The first kappa shape index (κ1) is 19.7. The number of rotatable bonds is 5. The van der Waals surface area contributed by atoms with Gasteiger partial charge in [0.05, 0.1) is 10.6 Å². The molecule has 0 bridgehead atoms. The predicted octanol–water partition coefficient (Wildman–Crippen LogP) is 5.72. The third kappa shape index (κ3) is 3.80. The van der Waals surface area contributed by atoms with Gasteiger partial charge in [0, 0.05) is 19.0 Å². The molecule has 0 atom stereocenters. The predicted molar refractivity (Wildman–Crippen MR) is 116 cm³/mol. The zero-order valence-corrected chi connectivity index (χ0v) is 16.9. The van der Waals surface area contributed by atoms with Gasteiger partial charge < -0.3 is 14.4 Å². The lowest BCUT2D eigenvalue weighted by Gasteiger charge is -2.18. The average molecular weight is 420 g/mol. The minimum atomic E-state index is -1.07. The minimum absolute atomic E-state index is 0.0510. The number of carbonyl (C=O) groups is 2. The van der Waals surface area contributed by atoms with E-state index in [1.807, 2.05) is 48.5 Å².